The molecular formula is C11H16BrN3O. The van der Waals surface area contributed by atoms with Crippen molar-refractivity contribution in [3.63, 3.8) is 0 Å². The van der Waals surface area contributed by atoms with E-state index in [-0.39, 0.29) is 11.1 Å². The van der Waals surface area contributed by atoms with E-state index in [1.165, 1.54) is 23.9 Å². The summed E-state index contributed by atoms with van der Waals surface area (Å²) in [7, 11) is 1.65. The van der Waals surface area contributed by atoms with Gasteiger partial charge >= 0.3 is 0 Å². The van der Waals surface area contributed by atoms with Crippen molar-refractivity contribution < 1.29 is 0 Å². The molecule has 0 aromatic carbocycles. The Kier molecular flexibility index (Phi) is 3.06. The predicted molar refractivity (Wildman–Crippen MR) is 67.7 cm³/mol. The van der Waals surface area contributed by atoms with Crippen molar-refractivity contribution in [1.29, 1.82) is 0 Å². The van der Waals surface area contributed by atoms with Crippen LogP contribution in [0.2, 0.25) is 0 Å². The highest BCUT2D eigenvalue weighted by Crippen LogP contribution is 2.38. The lowest BCUT2D eigenvalue weighted by atomic mass is 9.75. The van der Waals surface area contributed by atoms with E-state index in [0.29, 0.717) is 4.47 Å². The van der Waals surface area contributed by atoms with Gasteiger partial charge in [0.15, 0.2) is 0 Å². The third kappa shape index (κ3) is 1.88. The van der Waals surface area contributed by atoms with Crippen molar-refractivity contribution in [1.82, 2.24) is 9.78 Å². The average molecular weight is 286 g/mol. The predicted octanol–water partition coefficient (Wildman–Crippen LogP) is 2.29. The minimum atomic E-state index is -0.101. The maximum absolute atomic E-state index is 11.7. The second kappa shape index (κ2) is 4.20. The number of anilines is 1. The molecule has 1 N–H and O–H groups in total. The zero-order valence-corrected chi connectivity index (χ0v) is 11.2. The smallest absolute Gasteiger partial charge is 0.282 e. The molecule has 0 aliphatic heterocycles. The molecule has 16 heavy (non-hydrogen) atoms. The van der Waals surface area contributed by atoms with Crippen molar-refractivity contribution in [2.75, 3.05) is 5.32 Å². The largest absolute Gasteiger partial charge is 0.377 e. The first-order valence-corrected chi connectivity index (χ1v) is 6.37. The lowest BCUT2D eigenvalue weighted by Crippen LogP contribution is -2.44. The molecule has 0 atom stereocenters. The number of nitrogens with zero attached hydrogens (tertiary/aromatic N) is 2. The number of nitrogens with one attached hydrogen (secondary N) is 1. The van der Waals surface area contributed by atoms with E-state index in [1.807, 2.05) is 0 Å². The fraction of sp³-hybridized carbons (Fsp3) is 0.636. The van der Waals surface area contributed by atoms with Crippen molar-refractivity contribution in [2.45, 2.75) is 38.1 Å². The maximum Gasteiger partial charge on any atom is 0.282 e. The van der Waals surface area contributed by atoms with Crippen LogP contribution in [0, 0.1) is 0 Å². The maximum atomic E-state index is 11.7. The van der Waals surface area contributed by atoms with Crippen LogP contribution in [0.1, 0.15) is 32.6 Å². The summed E-state index contributed by atoms with van der Waals surface area (Å²) in [6.07, 6.45) is 6.39. The second-order valence-corrected chi connectivity index (χ2v) is 5.21. The lowest BCUT2D eigenvalue weighted by Gasteiger charge is -2.43. The molecule has 1 fully saturated rings. The standard InChI is InChI=1S/C11H16BrN3O/c1-3-11(5-4-6-11)14-8-7-13-15(2)10(16)9(8)12/h7,14H,3-6H2,1-2H3. The first-order chi connectivity index (χ1) is 7.58. The number of hydrogen-bond acceptors (Lipinski definition) is 3. The van der Waals surface area contributed by atoms with Crippen LogP contribution in [-0.4, -0.2) is 15.3 Å². The van der Waals surface area contributed by atoms with Gasteiger partial charge in [-0.15, -0.1) is 0 Å². The Morgan fingerprint density at radius 3 is 2.81 bits per heavy atom. The zero-order chi connectivity index (χ0) is 11.8. The Labute approximate surface area is 103 Å². The molecule has 0 spiro atoms. The summed E-state index contributed by atoms with van der Waals surface area (Å²) in [5.74, 6) is 0. The number of halogens is 1. The van der Waals surface area contributed by atoms with E-state index in [4.69, 9.17) is 0 Å². The summed E-state index contributed by atoms with van der Waals surface area (Å²) in [5, 5.41) is 7.48. The highest BCUT2D eigenvalue weighted by Gasteiger charge is 2.35. The van der Waals surface area contributed by atoms with E-state index in [2.05, 4.69) is 33.3 Å². The first kappa shape index (κ1) is 11.6. The Hall–Kier alpha value is -0.840. The van der Waals surface area contributed by atoms with Crippen LogP contribution in [0.15, 0.2) is 15.5 Å². The zero-order valence-electron chi connectivity index (χ0n) is 9.59. The summed E-state index contributed by atoms with van der Waals surface area (Å²) in [5.41, 5.74) is 0.886. The van der Waals surface area contributed by atoms with Crippen molar-refractivity contribution in [2.24, 2.45) is 7.05 Å². The van der Waals surface area contributed by atoms with E-state index in [9.17, 15) is 4.79 Å². The van der Waals surface area contributed by atoms with Gasteiger partial charge in [0.25, 0.3) is 5.56 Å². The molecule has 1 heterocycles. The number of aryl methyl sites for hydroxylation is 1. The Morgan fingerprint density at radius 1 is 1.62 bits per heavy atom. The summed E-state index contributed by atoms with van der Waals surface area (Å²) in [6.45, 7) is 2.18. The topological polar surface area (TPSA) is 46.9 Å². The van der Waals surface area contributed by atoms with E-state index in [1.54, 1.807) is 13.2 Å². The van der Waals surface area contributed by atoms with Gasteiger partial charge in [-0.25, -0.2) is 4.68 Å². The van der Waals surface area contributed by atoms with Gasteiger partial charge in [-0.3, -0.25) is 4.79 Å². The molecule has 1 aromatic heterocycles. The van der Waals surface area contributed by atoms with Crippen LogP contribution in [0.3, 0.4) is 0 Å². The number of aromatic nitrogens is 2. The molecule has 1 saturated carbocycles. The highest BCUT2D eigenvalue weighted by molar-refractivity contribution is 9.10. The van der Waals surface area contributed by atoms with Gasteiger partial charge in [0.1, 0.15) is 4.47 Å². The number of rotatable bonds is 3. The lowest BCUT2D eigenvalue weighted by molar-refractivity contribution is 0.269. The van der Waals surface area contributed by atoms with Crippen LogP contribution in [0.25, 0.3) is 0 Å². The van der Waals surface area contributed by atoms with Gasteiger partial charge < -0.3 is 5.32 Å². The summed E-state index contributed by atoms with van der Waals surface area (Å²) in [4.78, 5) is 11.7. The second-order valence-electron chi connectivity index (χ2n) is 4.41. The molecule has 0 unspecified atom stereocenters. The van der Waals surface area contributed by atoms with Crippen LogP contribution < -0.4 is 10.9 Å². The third-order valence-corrected chi connectivity index (χ3v) is 4.23. The van der Waals surface area contributed by atoms with Gasteiger partial charge in [0.05, 0.1) is 11.9 Å². The average Bonchev–Trinajstić information content (AvgIpc) is 2.23. The normalized spacial score (nSPS) is 17.9. The molecule has 0 bridgehead atoms. The molecule has 1 aliphatic carbocycles. The molecule has 5 heteroatoms. The Bertz CT molecular complexity index is 446. The summed E-state index contributed by atoms with van der Waals surface area (Å²) in [6, 6.07) is 0. The Balaban J connectivity index is 2.28. The van der Waals surface area contributed by atoms with E-state index < -0.39 is 0 Å². The molecule has 0 saturated heterocycles. The minimum absolute atomic E-state index is 0.101. The molecule has 88 valence electrons. The van der Waals surface area contributed by atoms with Crippen LogP contribution in [-0.2, 0) is 7.05 Å². The summed E-state index contributed by atoms with van der Waals surface area (Å²) < 4.78 is 1.90. The molecule has 0 amide bonds. The quantitative estimate of drug-likeness (QED) is 0.927. The Morgan fingerprint density at radius 2 is 2.31 bits per heavy atom. The fourth-order valence-electron chi connectivity index (χ4n) is 2.05. The van der Waals surface area contributed by atoms with Gasteiger partial charge in [-0.1, -0.05) is 6.92 Å². The van der Waals surface area contributed by atoms with E-state index >= 15 is 0 Å². The highest BCUT2D eigenvalue weighted by atomic mass is 79.9. The third-order valence-electron chi connectivity index (χ3n) is 3.47. The van der Waals surface area contributed by atoms with E-state index in [0.717, 1.165) is 12.1 Å². The van der Waals surface area contributed by atoms with Crippen LogP contribution in [0.5, 0.6) is 0 Å². The molecule has 1 aliphatic rings. The molecule has 0 radical (unpaired) electrons. The molecule has 4 nitrogen and oxygen atoms in total. The van der Waals surface area contributed by atoms with Crippen LogP contribution >= 0.6 is 15.9 Å². The van der Waals surface area contributed by atoms with Gasteiger partial charge in [0.2, 0.25) is 0 Å². The van der Waals surface area contributed by atoms with Crippen molar-refractivity contribution in [3.05, 3.63) is 21.0 Å². The van der Waals surface area contributed by atoms with Gasteiger partial charge in [0, 0.05) is 12.6 Å². The fourth-order valence-corrected chi connectivity index (χ4v) is 2.51. The minimum Gasteiger partial charge on any atom is -0.377 e. The molecule has 2 rings (SSSR count). The van der Waals surface area contributed by atoms with Crippen molar-refractivity contribution in [3.8, 4) is 0 Å². The monoisotopic (exact) mass is 285 g/mol. The number of hydrogen-bond donors (Lipinski definition) is 1. The molecule has 1 aromatic rings. The van der Waals surface area contributed by atoms with Gasteiger partial charge in [-0.05, 0) is 41.6 Å². The van der Waals surface area contributed by atoms with Gasteiger partial charge in [-0.2, -0.15) is 5.10 Å². The molecular weight excluding hydrogens is 270 g/mol. The van der Waals surface area contributed by atoms with Crippen molar-refractivity contribution >= 4 is 21.6 Å². The first-order valence-electron chi connectivity index (χ1n) is 5.58. The summed E-state index contributed by atoms with van der Waals surface area (Å²) >= 11 is 3.33. The SMILES string of the molecule is CCC1(Nc2cnn(C)c(=O)c2Br)CCC1. The van der Waals surface area contributed by atoms with Crippen LogP contribution in [0.4, 0.5) is 5.69 Å².